The van der Waals surface area contributed by atoms with Gasteiger partial charge >= 0.3 is 0 Å². The number of nitrogens with one attached hydrogen (secondary N) is 1. The minimum atomic E-state index is 0.422. The molecule has 0 bridgehead atoms. The van der Waals surface area contributed by atoms with Crippen LogP contribution in [-0.2, 0) is 0 Å². The van der Waals surface area contributed by atoms with E-state index in [9.17, 15) is 0 Å². The van der Waals surface area contributed by atoms with Crippen molar-refractivity contribution in [1.29, 1.82) is 0 Å². The van der Waals surface area contributed by atoms with Crippen LogP contribution in [0.3, 0.4) is 0 Å². The van der Waals surface area contributed by atoms with Gasteiger partial charge in [-0.3, -0.25) is 11.3 Å². The Kier molecular flexibility index (Phi) is 6.10. The number of hydrogen-bond donors (Lipinski definition) is 2. The van der Waals surface area contributed by atoms with Crippen LogP contribution in [0.5, 0.6) is 0 Å². The predicted molar refractivity (Wildman–Crippen MR) is 87.3 cm³/mol. The van der Waals surface area contributed by atoms with Crippen LogP contribution in [0.15, 0.2) is 11.6 Å². The topological polar surface area (TPSA) is 38.0 Å². The SMILES string of the molecule is CC(C)CC1(C(NN)C2=CCCCCCC2)CCCC1. The molecule has 2 rings (SSSR count). The van der Waals surface area contributed by atoms with Crippen molar-refractivity contribution in [1.82, 2.24) is 5.43 Å². The van der Waals surface area contributed by atoms with Crippen molar-refractivity contribution in [2.75, 3.05) is 0 Å². The second-order valence-corrected chi connectivity index (χ2v) is 7.50. The zero-order chi connectivity index (χ0) is 14.4. The summed E-state index contributed by atoms with van der Waals surface area (Å²) in [5.74, 6) is 6.81. The van der Waals surface area contributed by atoms with Gasteiger partial charge in [0.25, 0.3) is 0 Å². The van der Waals surface area contributed by atoms with E-state index in [1.54, 1.807) is 5.57 Å². The van der Waals surface area contributed by atoms with E-state index in [1.807, 2.05) is 0 Å². The van der Waals surface area contributed by atoms with Crippen LogP contribution in [0.25, 0.3) is 0 Å². The fourth-order valence-corrected chi connectivity index (χ4v) is 4.66. The highest BCUT2D eigenvalue weighted by Gasteiger charge is 2.42. The van der Waals surface area contributed by atoms with E-state index in [-0.39, 0.29) is 0 Å². The highest BCUT2D eigenvalue weighted by molar-refractivity contribution is 5.17. The Morgan fingerprint density at radius 1 is 1.10 bits per heavy atom. The van der Waals surface area contributed by atoms with E-state index in [4.69, 9.17) is 5.84 Å². The monoisotopic (exact) mass is 278 g/mol. The van der Waals surface area contributed by atoms with Gasteiger partial charge in [-0.15, -0.1) is 0 Å². The Morgan fingerprint density at radius 2 is 1.80 bits per heavy atom. The third-order valence-electron chi connectivity index (χ3n) is 5.39. The van der Waals surface area contributed by atoms with Crippen LogP contribution in [0.2, 0.25) is 0 Å². The molecular weight excluding hydrogens is 244 g/mol. The van der Waals surface area contributed by atoms with Gasteiger partial charge in [0.05, 0.1) is 0 Å². The number of hydrogen-bond acceptors (Lipinski definition) is 2. The maximum Gasteiger partial charge on any atom is 0.0476 e. The van der Waals surface area contributed by atoms with Gasteiger partial charge in [0, 0.05) is 6.04 Å². The summed E-state index contributed by atoms with van der Waals surface area (Å²) in [6, 6.07) is 0.422. The van der Waals surface area contributed by atoms with Gasteiger partial charge in [0.2, 0.25) is 0 Å². The van der Waals surface area contributed by atoms with E-state index in [1.165, 1.54) is 70.6 Å². The van der Waals surface area contributed by atoms with E-state index in [2.05, 4.69) is 25.3 Å². The van der Waals surface area contributed by atoms with Crippen molar-refractivity contribution < 1.29 is 0 Å². The highest BCUT2D eigenvalue weighted by Crippen LogP contribution is 2.48. The van der Waals surface area contributed by atoms with Gasteiger partial charge in [0.1, 0.15) is 0 Å². The van der Waals surface area contributed by atoms with E-state index < -0.39 is 0 Å². The molecule has 1 saturated carbocycles. The fraction of sp³-hybridized carbons (Fsp3) is 0.889. The van der Waals surface area contributed by atoms with Gasteiger partial charge < -0.3 is 0 Å². The molecule has 0 aromatic carbocycles. The van der Waals surface area contributed by atoms with Gasteiger partial charge in [0.15, 0.2) is 0 Å². The summed E-state index contributed by atoms with van der Waals surface area (Å²) >= 11 is 0. The Morgan fingerprint density at radius 3 is 2.45 bits per heavy atom. The van der Waals surface area contributed by atoms with Crippen LogP contribution < -0.4 is 11.3 Å². The molecule has 1 fully saturated rings. The molecule has 116 valence electrons. The second kappa shape index (κ2) is 7.61. The third-order valence-corrected chi connectivity index (χ3v) is 5.39. The Hall–Kier alpha value is -0.340. The van der Waals surface area contributed by atoms with Crippen molar-refractivity contribution in [2.45, 2.75) is 90.5 Å². The molecule has 0 aromatic rings. The van der Waals surface area contributed by atoms with E-state index >= 15 is 0 Å². The lowest BCUT2D eigenvalue weighted by atomic mass is 9.69. The average molecular weight is 278 g/mol. The van der Waals surface area contributed by atoms with Gasteiger partial charge in [-0.05, 0) is 56.3 Å². The molecule has 2 nitrogen and oxygen atoms in total. The van der Waals surface area contributed by atoms with Crippen LogP contribution in [0.1, 0.15) is 84.5 Å². The maximum atomic E-state index is 6.04. The lowest BCUT2D eigenvalue weighted by Gasteiger charge is -2.40. The van der Waals surface area contributed by atoms with Crippen molar-refractivity contribution in [2.24, 2.45) is 17.2 Å². The van der Waals surface area contributed by atoms with Crippen LogP contribution >= 0.6 is 0 Å². The molecular formula is C18H34N2. The molecule has 0 saturated heterocycles. The molecule has 20 heavy (non-hydrogen) atoms. The minimum Gasteiger partial charge on any atom is -0.271 e. The maximum absolute atomic E-state index is 6.04. The third kappa shape index (κ3) is 3.85. The predicted octanol–water partition coefficient (Wildman–Crippen LogP) is 4.71. The Balaban J connectivity index is 2.18. The van der Waals surface area contributed by atoms with Gasteiger partial charge in [-0.25, -0.2) is 0 Å². The molecule has 1 unspecified atom stereocenters. The molecule has 0 heterocycles. The van der Waals surface area contributed by atoms with Crippen LogP contribution in [-0.4, -0.2) is 6.04 Å². The second-order valence-electron chi connectivity index (χ2n) is 7.50. The molecule has 1 atom stereocenters. The van der Waals surface area contributed by atoms with E-state index in [0.717, 1.165) is 5.92 Å². The quantitative estimate of drug-likeness (QED) is 0.434. The number of rotatable bonds is 5. The summed E-state index contributed by atoms with van der Waals surface area (Å²) in [6.07, 6.45) is 17.3. The Bertz CT molecular complexity index is 313. The average Bonchev–Trinajstić information content (AvgIpc) is 2.80. The summed E-state index contributed by atoms with van der Waals surface area (Å²) in [5, 5.41) is 0. The van der Waals surface area contributed by atoms with Gasteiger partial charge in [-0.1, -0.05) is 51.2 Å². The fourth-order valence-electron chi connectivity index (χ4n) is 4.66. The standard InChI is InChI=1S/C18H34N2/c1-15(2)14-18(12-8-9-13-18)17(20-19)16-10-6-4-3-5-7-11-16/h10,15,17,20H,3-9,11-14,19H2,1-2H3. The first-order valence-electron chi connectivity index (χ1n) is 8.83. The first-order valence-corrected chi connectivity index (χ1v) is 8.83. The lowest BCUT2D eigenvalue weighted by molar-refractivity contribution is 0.173. The molecule has 0 aliphatic heterocycles. The van der Waals surface area contributed by atoms with Crippen molar-refractivity contribution in [3.63, 3.8) is 0 Å². The summed E-state index contributed by atoms with van der Waals surface area (Å²) in [7, 11) is 0. The summed E-state index contributed by atoms with van der Waals surface area (Å²) in [4.78, 5) is 0. The number of nitrogens with two attached hydrogens (primary N) is 1. The molecule has 0 aromatic heterocycles. The van der Waals surface area contributed by atoms with Crippen molar-refractivity contribution in [3.8, 4) is 0 Å². The summed E-state index contributed by atoms with van der Waals surface area (Å²) in [6.45, 7) is 4.72. The first-order chi connectivity index (χ1) is 9.68. The number of hydrazine groups is 1. The smallest absolute Gasteiger partial charge is 0.0476 e. The summed E-state index contributed by atoms with van der Waals surface area (Å²) < 4.78 is 0. The normalized spacial score (nSPS) is 25.1. The molecule has 2 aliphatic carbocycles. The van der Waals surface area contributed by atoms with Crippen LogP contribution in [0, 0.1) is 11.3 Å². The summed E-state index contributed by atoms with van der Waals surface area (Å²) in [5.41, 5.74) is 5.28. The molecule has 3 N–H and O–H groups in total. The molecule has 0 spiro atoms. The molecule has 0 radical (unpaired) electrons. The molecule has 2 heteroatoms. The zero-order valence-corrected chi connectivity index (χ0v) is 13.6. The largest absolute Gasteiger partial charge is 0.271 e. The first kappa shape index (κ1) is 16.0. The highest BCUT2D eigenvalue weighted by atomic mass is 15.2. The molecule has 2 aliphatic rings. The molecule has 0 amide bonds. The van der Waals surface area contributed by atoms with E-state index in [0.29, 0.717) is 11.5 Å². The lowest BCUT2D eigenvalue weighted by Crippen LogP contribution is -2.49. The van der Waals surface area contributed by atoms with Crippen molar-refractivity contribution >= 4 is 0 Å². The Labute approximate surface area is 125 Å². The zero-order valence-electron chi connectivity index (χ0n) is 13.6. The minimum absolute atomic E-state index is 0.422. The number of allylic oxidation sites excluding steroid dienone is 1. The van der Waals surface area contributed by atoms with Crippen LogP contribution in [0.4, 0.5) is 0 Å². The van der Waals surface area contributed by atoms with Gasteiger partial charge in [-0.2, -0.15) is 0 Å². The van der Waals surface area contributed by atoms with Crippen molar-refractivity contribution in [3.05, 3.63) is 11.6 Å².